The van der Waals surface area contributed by atoms with Gasteiger partial charge < -0.3 is 30.6 Å². The number of aryl methyl sites for hydroxylation is 4. The van der Waals surface area contributed by atoms with Crippen LogP contribution in [0.1, 0.15) is 49.9 Å². The van der Waals surface area contributed by atoms with Crippen molar-refractivity contribution in [1.82, 2.24) is 19.9 Å². The minimum Gasteiger partial charge on any atom is -0.477 e. The van der Waals surface area contributed by atoms with Crippen LogP contribution >= 0.6 is 15.9 Å². The van der Waals surface area contributed by atoms with Gasteiger partial charge in [0.25, 0.3) is 0 Å². The molecule has 0 bridgehead atoms. The molecule has 10 rings (SSSR count). The van der Waals surface area contributed by atoms with E-state index >= 15 is 0 Å². The van der Waals surface area contributed by atoms with Crippen molar-refractivity contribution in [1.29, 1.82) is 0 Å². The Morgan fingerprint density at radius 2 is 0.868 bits per heavy atom. The molecule has 0 saturated heterocycles. The number of nitrogens with zero attached hydrogens (tertiary/aromatic N) is 8. The minimum absolute atomic E-state index is 0. The average molecular weight is 1320 g/mol. The summed E-state index contributed by atoms with van der Waals surface area (Å²) in [6, 6.07) is 52.0. The first kappa shape index (κ1) is 55.0. The van der Waals surface area contributed by atoms with Gasteiger partial charge in [-0.15, -0.1) is 42.4 Å². The van der Waals surface area contributed by atoms with Crippen LogP contribution in [0.5, 0.6) is 0 Å². The van der Waals surface area contributed by atoms with Gasteiger partial charge in [0.1, 0.15) is 31.1 Å². The van der Waals surface area contributed by atoms with E-state index in [9.17, 15) is 0 Å². The standard InChI is InChI=1S/C27H24N4.C17H11BrN4.C10H13B.2Ir.2H2O/c1-3-20-10-8-11-21(4-2)25(20)22-12-9-15-24(18-22)31-19-30(23-13-6-5-7-14-23)26-27(31)29-17-16-28-26;18-13-5-4-8-15(11-13)22-12-21(14-6-2-1-3-7-14)16-17(22)20-10-9-19-16;1-3-8-6-5-7-9(4-2)10(8)11;;;;/h5-14,16-19H,3-4H2,1-2H3;1-7,9-12H;5-7H,3-4H2,1-2H3;;;2*1H2/q2*-2;;;;;. The van der Waals surface area contributed by atoms with Gasteiger partial charge in [-0.1, -0.05) is 137 Å². The van der Waals surface area contributed by atoms with Gasteiger partial charge in [-0.3, -0.25) is 0 Å². The molecule has 4 N–H and O–H groups in total. The Balaban J connectivity index is 0.000000239. The van der Waals surface area contributed by atoms with Crippen LogP contribution in [0.15, 0.2) is 163 Å². The summed E-state index contributed by atoms with van der Waals surface area (Å²) in [6.45, 7) is 12.7. The van der Waals surface area contributed by atoms with E-state index in [2.05, 4.69) is 146 Å². The number of hydrogen-bond donors (Lipinski definition) is 0. The van der Waals surface area contributed by atoms with Crippen LogP contribution in [0, 0.1) is 25.5 Å². The fourth-order valence-corrected chi connectivity index (χ4v) is 8.24. The fourth-order valence-electron chi connectivity index (χ4n) is 7.89. The molecule has 0 saturated carbocycles. The molecule has 68 heavy (non-hydrogen) atoms. The molecule has 2 aromatic heterocycles. The third-order valence-corrected chi connectivity index (χ3v) is 11.6. The summed E-state index contributed by atoms with van der Waals surface area (Å²) < 4.78 is 0.998. The van der Waals surface area contributed by atoms with E-state index in [-0.39, 0.29) is 51.2 Å². The van der Waals surface area contributed by atoms with E-state index in [4.69, 9.17) is 7.85 Å². The quantitative estimate of drug-likeness (QED) is 0.103. The van der Waals surface area contributed by atoms with Gasteiger partial charge in [0.15, 0.2) is 0 Å². The van der Waals surface area contributed by atoms with Gasteiger partial charge in [-0.25, -0.2) is 19.9 Å². The topological polar surface area (TPSA) is 128 Å². The molecule has 8 aromatic rings. The molecule has 2 aliphatic rings. The fraction of sp³-hybridized carbons (Fsp3) is 0.148. The Kier molecular flexibility index (Phi) is 21.3. The van der Waals surface area contributed by atoms with E-state index in [1.54, 1.807) is 24.8 Å². The molecule has 4 radical (unpaired) electrons. The van der Waals surface area contributed by atoms with E-state index in [0.29, 0.717) is 0 Å². The van der Waals surface area contributed by atoms with Gasteiger partial charge in [-0.2, -0.15) is 36.4 Å². The molecule has 6 aromatic carbocycles. The number of halogens is 1. The predicted octanol–water partition coefficient (Wildman–Crippen LogP) is 10.9. The van der Waals surface area contributed by atoms with Crippen LogP contribution in [0.3, 0.4) is 0 Å². The van der Waals surface area contributed by atoms with Crippen LogP contribution in [0.2, 0.25) is 0 Å². The normalized spacial score (nSPS) is 11.8. The molecule has 0 fully saturated rings. The maximum atomic E-state index is 5.90. The van der Waals surface area contributed by atoms with Crippen molar-refractivity contribution in [3.8, 4) is 11.1 Å². The SMILES string of the molecule is Brc1cc[c-]c(N2[CH-]N(c3ccccc3)c3nccnc32)c1.CCc1cccc(CC)c1-c1cc[c-]c(N2[CH-]N(c3ccccc3)c3nccnc32)c1.O.O.[B]c1c(CC)cccc1CC.[Ir].[Ir]. The first-order valence-electron chi connectivity index (χ1n) is 21.7. The molecule has 0 aliphatic carbocycles. The van der Waals surface area contributed by atoms with Crippen LogP contribution < -0.4 is 25.1 Å². The summed E-state index contributed by atoms with van der Waals surface area (Å²) in [5.41, 5.74) is 12.8. The number of fused-ring (bicyclic) bond motifs is 2. The van der Waals surface area contributed by atoms with Crippen LogP contribution in [0.25, 0.3) is 11.1 Å². The molecule has 0 spiro atoms. The molecule has 14 heteroatoms. The number of anilines is 8. The average Bonchev–Trinajstić information content (AvgIpc) is 3.95. The van der Waals surface area contributed by atoms with E-state index in [0.717, 1.165) is 81.6 Å². The van der Waals surface area contributed by atoms with Gasteiger partial charge in [0, 0.05) is 76.4 Å². The van der Waals surface area contributed by atoms with Gasteiger partial charge in [0.05, 0.1) is 0 Å². The largest absolute Gasteiger partial charge is 0.477 e. The maximum absolute atomic E-state index is 5.90. The smallest absolute Gasteiger partial charge is 0.145 e. The Morgan fingerprint density at radius 3 is 1.28 bits per heavy atom. The summed E-state index contributed by atoms with van der Waals surface area (Å²) in [6.07, 6.45) is 10.9. The second kappa shape index (κ2) is 26.3. The second-order valence-electron chi connectivity index (χ2n) is 15.0. The molecular formula is C54H52BBrIr2N8O2-4. The Morgan fingerprint density at radius 1 is 0.485 bits per heavy atom. The van der Waals surface area contributed by atoms with Crippen molar-refractivity contribution in [2.75, 3.05) is 19.6 Å². The predicted molar refractivity (Wildman–Crippen MR) is 274 cm³/mol. The molecule has 2 aliphatic heterocycles. The van der Waals surface area contributed by atoms with Gasteiger partial charge in [0.2, 0.25) is 0 Å². The zero-order valence-electron chi connectivity index (χ0n) is 38.2. The zero-order valence-corrected chi connectivity index (χ0v) is 44.6. The molecule has 4 heterocycles. The van der Waals surface area contributed by atoms with E-state index < -0.39 is 0 Å². The number of benzene rings is 6. The summed E-state index contributed by atoms with van der Waals surface area (Å²) in [7, 11) is 5.90. The number of rotatable bonds is 9. The third-order valence-electron chi connectivity index (χ3n) is 11.2. The molecule has 0 atom stereocenters. The number of aromatic nitrogens is 4. The Labute approximate surface area is 437 Å². The molecule has 0 unspecified atom stereocenters. The zero-order chi connectivity index (χ0) is 44.4. The van der Waals surface area contributed by atoms with Crippen LogP contribution in [0.4, 0.5) is 46.0 Å². The third kappa shape index (κ3) is 12.2. The van der Waals surface area contributed by atoms with Crippen molar-refractivity contribution in [3.05, 3.63) is 210 Å². The first-order valence-corrected chi connectivity index (χ1v) is 22.5. The molecule has 10 nitrogen and oxygen atoms in total. The molecular weight excluding hydrogens is 1270 g/mol. The molecule has 352 valence electrons. The van der Waals surface area contributed by atoms with Crippen molar-refractivity contribution >= 4 is 75.3 Å². The van der Waals surface area contributed by atoms with Gasteiger partial charge >= 0.3 is 0 Å². The van der Waals surface area contributed by atoms with E-state index in [1.807, 2.05) is 95.9 Å². The van der Waals surface area contributed by atoms with Crippen molar-refractivity contribution in [3.63, 3.8) is 0 Å². The number of para-hydroxylation sites is 2. The van der Waals surface area contributed by atoms with Crippen molar-refractivity contribution in [2.45, 2.75) is 53.4 Å². The van der Waals surface area contributed by atoms with Crippen LogP contribution in [-0.2, 0) is 65.9 Å². The van der Waals surface area contributed by atoms with Crippen molar-refractivity contribution in [2.24, 2.45) is 0 Å². The first-order chi connectivity index (χ1) is 31.4. The Hall–Kier alpha value is -5.56. The number of hydrogen-bond acceptors (Lipinski definition) is 8. The van der Waals surface area contributed by atoms with E-state index in [1.165, 1.54) is 33.4 Å². The summed E-state index contributed by atoms with van der Waals surface area (Å²) in [5.74, 6) is 3.22. The summed E-state index contributed by atoms with van der Waals surface area (Å²) in [4.78, 5) is 26.3. The summed E-state index contributed by atoms with van der Waals surface area (Å²) in [5, 5.41) is 0. The monoisotopic (exact) mass is 1320 g/mol. The Bertz CT molecular complexity index is 2790. The van der Waals surface area contributed by atoms with Crippen LogP contribution in [-0.4, -0.2) is 38.7 Å². The summed E-state index contributed by atoms with van der Waals surface area (Å²) >= 11 is 3.50. The van der Waals surface area contributed by atoms with Gasteiger partial charge in [-0.05, 0) is 66.6 Å². The maximum Gasteiger partial charge on any atom is 0.145 e. The second-order valence-corrected chi connectivity index (χ2v) is 15.9. The molecule has 0 amide bonds. The van der Waals surface area contributed by atoms with Crippen molar-refractivity contribution < 1.29 is 51.2 Å². The minimum atomic E-state index is 0.